The summed E-state index contributed by atoms with van der Waals surface area (Å²) in [6.45, 7) is -0.851. The number of aromatic nitrogens is 4. The number of nitrogens with zero attached hydrogens (tertiary/aromatic N) is 4. The van der Waals surface area contributed by atoms with E-state index in [0.717, 1.165) is 25.3 Å². The highest BCUT2D eigenvalue weighted by Crippen LogP contribution is 2.37. The van der Waals surface area contributed by atoms with Gasteiger partial charge in [-0.15, -0.1) is 0 Å². The Balaban J connectivity index is 2.19. The molecule has 0 aliphatic heterocycles. The maximum absolute atomic E-state index is 13.6. The Morgan fingerprint density at radius 3 is 2.29 bits per heavy atom. The Kier molecular flexibility index (Phi) is 5.14. The Hall–Kier alpha value is -3.32. The molecule has 0 radical (unpaired) electrons. The van der Waals surface area contributed by atoms with Gasteiger partial charge in [0.25, 0.3) is 5.56 Å². The van der Waals surface area contributed by atoms with Gasteiger partial charge in [0.2, 0.25) is 0 Å². The second kappa shape index (κ2) is 7.13. The highest BCUT2D eigenvalue weighted by atomic mass is 19.4. The number of halogens is 8. The lowest BCUT2D eigenvalue weighted by atomic mass is 10.1. The van der Waals surface area contributed by atoms with Crippen LogP contribution in [0, 0.1) is 0 Å². The molecule has 3 heterocycles. The van der Waals surface area contributed by atoms with Crippen molar-refractivity contribution in [1.82, 2.24) is 19.2 Å². The van der Waals surface area contributed by atoms with Crippen LogP contribution in [0.15, 0.2) is 35.5 Å². The first kappa shape index (κ1) is 22.4. The molecule has 0 saturated heterocycles. The van der Waals surface area contributed by atoms with E-state index in [1.807, 2.05) is 0 Å². The summed E-state index contributed by atoms with van der Waals surface area (Å²) in [4.78, 5) is 27.5. The molecule has 0 N–H and O–H groups in total. The molecule has 0 spiro atoms. The number of carbonyl (C=O) groups excluding carboxylic acids is 1. The Morgan fingerprint density at radius 1 is 1.10 bits per heavy atom. The van der Waals surface area contributed by atoms with Crippen molar-refractivity contribution in [1.29, 1.82) is 0 Å². The molecule has 0 saturated carbocycles. The van der Waals surface area contributed by atoms with Crippen molar-refractivity contribution in [2.24, 2.45) is 0 Å². The van der Waals surface area contributed by atoms with Gasteiger partial charge in [0.15, 0.2) is 11.5 Å². The predicted octanol–water partition coefficient (Wildman–Crippen LogP) is 3.98. The molecule has 31 heavy (non-hydrogen) atoms. The van der Waals surface area contributed by atoms with Crippen LogP contribution < -0.4 is 5.56 Å². The maximum atomic E-state index is 13.6. The molecule has 0 amide bonds. The fraction of sp³-hybridized carbons (Fsp3) is 0.294. The molecule has 3 aromatic rings. The molecule has 0 aromatic carbocycles. The smallest absolute Gasteiger partial charge is 0.295 e. The highest BCUT2D eigenvalue weighted by Gasteiger charge is 2.57. The summed E-state index contributed by atoms with van der Waals surface area (Å²) >= 11 is 0. The highest BCUT2D eigenvalue weighted by molar-refractivity contribution is 5.94. The van der Waals surface area contributed by atoms with Gasteiger partial charge in [0, 0.05) is 23.5 Å². The van der Waals surface area contributed by atoms with Gasteiger partial charge in [-0.25, -0.2) is 4.98 Å². The third-order valence-corrected chi connectivity index (χ3v) is 4.20. The lowest BCUT2D eigenvalue weighted by Gasteiger charge is -2.19. The van der Waals surface area contributed by atoms with E-state index >= 15 is 0 Å². The first-order valence-corrected chi connectivity index (χ1v) is 8.24. The molecule has 0 bridgehead atoms. The van der Waals surface area contributed by atoms with Crippen LogP contribution in [0.5, 0.6) is 0 Å². The first-order chi connectivity index (χ1) is 14.1. The molecule has 0 unspecified atom stereocenters. The lowest BCUT2D eigenvalue weighted by Crippen LogP contribution is -2.40. The molecule has 166 valence electrons. The fourth-order valence-electron chi connectivity index (χ4n) is 2.69. The third kappa shape index (κ3) is 4.14. The number of ketones is 1. The Bertz CT molecular complexity index is 1220. The van der Waals surface area contributed by atoms with Crippen molar-refractivity contribution in [3.63, 3.8) is 0 Å². The van der Waals surface area contributed by atoms with Gasteiger partial charge in [0.1, 0.15) is 12.2 Å². The number of hydrogen-bond donors (Lipinski definition) is 0. The van der Waals surface area contributed by atoms with Crippen LogP contribution >= 0.6 is 0 Å². The topological polar surface area (TPSA) is 69.3 Å². The van der Waals surface area contributed by atoms with Crippen molar-refractivity contribution in [2.45, 2.75) is 31.7 Å². The summed E-state index contributed by atoms with van der Waals surface area (Å²) in [5, 5.41) is 3.22. The van der Waals surface area contributed by atoms with Crippen molar-refractivity contribution in [2.75, 3.05) is 0 Å². The number of carbonyl (C=O) groups is 1. The zero-order valence-corrected chi connectivity index (χ0v) is 15.2. The largest absolute Gasteiger partial charge is 0.455 e. The second-order valence-electron chi connectivity index (χ2n) is 6.47. The van der Waals surface area contributed by atoms with Crippen LogP contribution in [-0.4, -0.2) is 37.0 Å². The SMILES string of the molecule is CC(=O)c1ccn2c(=O)c(-c3cnn(CC(F)(F)C(F)(F)F)c3)c(C(F)(F)F)nc2c1. The minimum Gasteiger partial charge on any atom is -0.295 e. The molecular formula is C17H10F8N4O2. The standard InChI is InChI=1S/C17H10F8N4O2/c1-8(30)9-2-3-29-11(4-9)27-13(16(20,21)22)12(14(29)31)10-5-26-28(6-10)7-15(18,19)17(23,24)25/h2-6H,7H2,1H3. The predicted molar refractivity (Wildman–Crippen MR) is 88.7 cm³/mol. The Labute approximate surface area is 166 Å². The van der Waals surface area contributed by atoms with E-state index < -0.39 is 58.6 Å². The minimum atomic E-state index is -5.91. The molecule has 0 atom stereocenters. The van der Waals surface area contributed by atoms with Gasteiger partial charge < -0.3 is 0 Å². The number of rotatable bonds is 4. The van der Waals surface area contributed by atoms with Crippen molar-refractivity contribution >= 4 is 11.4 Å². The van der Waals surface area contributed by atoms with Crippen molar-refractivity contribution in [3.05, 3.63) is 52.3 Å². The normalized spacial score (nSPS) is 13.1. The average Bonchev–Trinajstić information content (AvgIpc) is 3.06. The fourth-order valence-corrected chi connectivity index (χ4v) is 2.69. The van der Waals surface area contributed by atoms with E-state index in [1.165, 1.54) is 0 Å². The van der Waals surface area contributed by atoms with E-state index in [1.54, 1.807) is 0 Å². The molecule has 0 fully saturated rings. The molecular weight excluding hydrogens is 444 g/mol. The molecule has 3 aromatic heterocycles. The minimum absolute atomic E-state index is 0.0185. The number of pyridine rings is 1. The zero-order valence-electron chi connectivity index (χ0n) is 15.2. The van der Waals surface area contributed by atoms with Crippen molar-refractivity contribution in [3.8, 4) is 11.1 Å². The van der Waals surface area contributed by atoms with Gasteiger partial charge in [-0.05, 0) is 19.1 Å². The van der Waals surface area contributed by atoms with Crippen LogP contribution in [0.25, 0.3) is 16.8 Å². The van der Waals surface area contributed by atoms with Gasteiger partial charge in [-0.3, -0.25) is 18.7 Å². The van der Waals surface area contributed by atoms with E-state index in [2.05, 4.69) is 10.1 Å². The van der Waals surface area contributed by atoms with E-state index in [-0.39, 0.29) is 10.2 Å². The second-order valence-corrected chi connectivity index (χ2v) is 6.47. The van der Waals surface area contributed by atoms with E-state index in [4.69, 9.17) is 0 Å². The maximum Gasteiger partial charge on any atom is 0.455 e. The van der Waals surface area contributed by atoms with Gasteiger partial charge >= 0.3 is 18.3 Å². The summed E-state index contributed by atoms with van der Waals surface area (Å²) in [5.74, 6) is -5.70. The van der Waals surface area contributed by atoms with Gasteiger partial charge in [0.05, 0.1) is 11.8 Å². The van der Waals surface area contributed by atoms with Gasteiger partial charge in [-0.2, -0.15) is 40.2 Å². The lowest BCUT2D eigenvalue weighted by molar-refractivity contribution is -0.287. The van der Waals surface area contributed by atoms with E-state index in [0.29, 0.717) is 16.8 Å². The van der Waals surface area contributed by atoms with Crippen LogP contribution in [0.3, 0.4) is 0 Å². The molecule has 14 heteroatoms. The monoisotopic (exact) mass is 454 g/mol. The molecule has 3 rings (SSSR count). The summed E-state index contributed by atoms with van der Waals surface area (Å²) < 4.78 is 105. The number of fused-ring (bicyclic) bond motifs is 1. The summed E-state index contributed by atoms with van der Waals surface area (Å²) in [6.07, 6.45) is -9.09. The summed E-state index contributed by atoms with van der Waals surface area (Å²) in [6, 6.07) is 2.11. The molecule has 6 nitrogen and oxygen atoms in total. The van der Waals surface area contributed by atoms with Crippen LogP contribution in [0.2, 0.25) is 0 Å². The summed E-state index contributed by atoms with van der Waals surface area (Å²) in [5.41, 5.74) is -5.27. The van der Waals surface area contributed by atoms with E-state index in [9.17, 15) is 44.7 Å². The Morgan fingerprint density at radius 2 is 1.74 bits per heavy atom. The van der Waals surface area contributed by atoms with Crippen molar-refractivity contribution < 1.29 is 39.9 Å². The quantitative estimate of drug-likeness (QED) is 0.442. The number of alkyl halides is 8. The van der Waals surface area contributed by atoms with Gasteiger partial charge in [-0.1, -0.05) is 0 Å². The summed E-state index contributed by atoms with van der Waals surface area (Å²) in [7, 11) is 0. The number of hydrogen-bond acceptors (Lipinski definition) is 4. The molecule has 0 aliphatic carbocycles. The molecule has 0 aliphatic rings. The third-order valence-electron chi connectivity index (χ3n) is 4.20. The number of Topliss-reactive ketones (excluding diaryl/α,β-unsaturated/α-hetero) is 1. The van der Waals surface area contributed by atoms with Crippen LogP contribution in [0.4, 0.5) is 35.1 Å². The first-order valence-electron chi connectivity index (χ1n) is 8.24. The zero-order chi connectivity index (χ0) is 23.4. The van der Waals surface area contributed by atoms with Crippen LogP contribution in [-0.2, 0) is 12.7 Å². The van der Waals surface area contributed by atoms with Crippen LogP contribution in [0.1, 0.15) is 23.0 Å². The average molecular weight is 454 g/mol.